The number of carbonyl (C=O) groups is 1. The zero-order chi connectivity index (χ0) is 21.9. The lowest BCUT2D eigenvalue weighted by molar-refractivity contribution is -0.127. The largest absolute Gasteiger partial charge is 0.494 e. The van der Waals surface area contributed by atoms with Crippen molar-refractivity contribution in [1.82, 2.24) is 24.6 Å². The van der Waals surface area contributed by atoms with Crippen LogP contribution >= 0.6 is 11.8 Å². The third kappa shape index (κ3) is 3.98. The topological polar surface area (TPSA) is 76.0 Å². The number of amides is 1. The predicted octanol–water partition coefficient (Wildman–Crippen LogP) is 4.53. The van der Waals surface area contributed by atoms with Gasteiger partial charge in [0.2, 0.25) is 5.91 Å². The third-order valence-electron chi connectivity index (χ3n) is 5.65. The summed E-state index contributed by atoms with van der Waals surface area (Å²) in [6.07, 6.45) is 4.14. The molecule has 3 heterocycles. The van der Waals surface area contributed by atoms with E-state index in [4.69, 9.17) is 4.74 Å². The highest BCUT2D eigenvalue weighted by molar-refractivity contribution is 7.99. The standard InChI is InChI=1S/C24H25N5O2S/c1-2-31-18-11-9-17(10-12-18)29-23(20-15-25-21-8-4-3-7-19(20)21)26-27-24(29)32-16-22(30)28-13-5-6-14-28/h3-4,7-12,15,25H,2,5-6,13-14,16H2,1H3. The molecule has 0 atom stereocenters. The van der Waals surface area contributed by atoms with Gasteiger partial charge in [0.1, 0.15) is 5.75 Å². The van der Waals surface area contributed by atoms with Crippen molar-refractivity contribution in [1.29, 1.82) is 0 Å². The van der Waals surface area contributed by atoms with Crippen LogP contribution in [-0.2, 0) is 4.79 Å². The Hall–Kier alpha value is -3.26. The normalized spacial score (nSPS) is 13.7. The molecular weight excluding hydrogens is 422 g/mol. The van der Waals surface area contributed by atoms with Crippen molar-refractivity contribution in [2.24, 2.45) is 0 Å². The zero-order valence-electron chi connectivity index (χ0n) is 18.0. The van der Waals surface area contributed by atoms with E-state index < -0.39 is 0 Å². The summed E-state index contributed by atoms with van der Waals surface area (Å²) in [4.78, 5) is 17.9. The molecule has 164 valence electrons. The second kappa shape index (κ2) is 9.08. The molecule has 8 heteroatoms. The Kier molecular flexibility index (Phi) is 5.85. The lowest BCUT2D eigenvalue weighted by atomic mass is 10.1. The van der Waals surface area contributed by atoms with E-state index >= 15 is 0 Å². The Morgan fingerprint density at radius 3 is 2.66 bits per heavy atom. The van der Waals surface area contributed by atoms with Crippen LogP contribution in [0.3, 0.4) is 0 Å². The summed E-state index contributed by atoms with van der Waals surface area (Å²) in [5.74, 6) is 2.06. The van der Waals surface area contributed by atoms with Crippen LogP contribution in [0.5, 0.6) is 5.75 Å². The molecule has 7 nitrogen and oxygen atoms in total. The Bertz CT molecular complexity index is 1220. The molecule has 2 aromatic carbocycles. The van der Waals surface area contributed by atoms with Crippen LogP contribution in [0.25, 0.3) is 28.0 Å². The van der Waals surface area contributed by atoms with E-state index in [0.29, 0.717) is 17.5 Å². The number of thioether (sulfide) groups is 1. The highest BCUT2D eigenvalue weighted by Crippen LogP contribution is 2.33. The molecule has 0 bridgehead atoms. The number of fused-ring (bicyclic) bond motifs is 1. The lowest BCUT2D eigenvalue weighted by Gasteiger charge is -2.15. The molecule has 0 spiro atoms. The fraction of sp³-hybridized carbons (Fsp3) is 0.292. The number of rotatable bonds is 7. The van der Waals surface area contributed by atoms with Gasteiger partial charge in [-0.25, -0.2) is 0 Å². The summed E-state index contributed by atoms with van der Waals surface area (Å²) in [6.45, 7) is 4.29. The van der Waals surface area contributed by atoms with E-state index in [1.807, 2.05) is 65.1 Å². The van der Waals surface area contributed by atoms with E-state index in [9.17, 15) is 4.79 Å². The third-order valence-corrected chi connectivity index (χ3v) is 6.57. The summed E-state index contributed by atoms with van der Waals surface area (Å²) in [6, 6.07) is 16.0. The summed E-state index contributed by atoms with van der Waals surface area (Å²) < 4.78 is 7.62. The van der Waals surface area contributed by atoms with Crippen molar-refractivity contribution in [3.63, 3.8) is 0 Å². The smallest absolute Gasteiger partial charge is 0.233 e. The second-order valence-electron chi connectivity index (χ2n) is 7.69. The van der Waals surface area contributed by atoms with E-state index in [1.165, 1.54) is 11.8 Å². The number of hydrogen-bond acceptors (Lipinski definition) is 5. The maximum atomic E-state index is 12.6. The molecule has 4 aromatic rings. The van der Waals surface area contributed by atoms with E-state index in [0.717, 1.165) is 59.7 Å². The number of nitrogens with one attached hydrogen (secondary N) is 1. The maximum Gasteiger partial charge on any atom is 0.233 e. The molecule has 1 aliphatic rings. The molecule has 5 rings (SSSR count). The molecule has 1 N–H and O–H groups in total. The van der Waals surface area contributed by atoms with Gasteiger partial charge in [-0.1, -0.05) is 30.0 Å². The first-order chi connectivity index (χ1) is 15.7. The SMILES string of the molecule is CCOc1ccc(-n2c(SCC(=O)N3CCCC3)nnc2-c2c[nH]c3ccccc23)cc1. The first-order valence-corrected chi connectivity index (χ1v) is 11.9. The number of carbonyl (C=O) groups excluding carboxylic acids is 1. The molecule has 0 saturated carbocycles. The monoisotopic (exact) mass is 447 g/mol. The van der Waals surface area contributed by atoms with Crippen molar-refractivity contribution in [2.75, 3.05) is 25.4 Å². The Morgan fingerprint density at radius 1 is 1.09 bits per heavy atom. The van der Waals surface area contributed by atoms with Gasteiger partial charge in [-0.2, -0.15) is 0 Å². The molecule has 1 aliphatic heterocycles. The van der Waals surface area contributed by atoms with Crippen molar-refractivity contribution in [2.45, 2.75) is 24.9 Å². The van der Waals surface area contributed by atoms with Crippen LogP contribution in [0.1, 0.15) is 19.8 Å². The molecule has 2 aromatic heterocycles. The first-order valence-electron chi connectivity index (χ1n) is 10.9. The van der Waals surface area contributed by atoms with Crippen molar-refractivity contribution in [3.8, 4) is 22.8 Å². The lowest BCUT2D eigenvalue weighted by Crippen LogP contribution is -2.29. The van der Waals surface area contributed by atoms with Crippen LogP contribution in [0.15, 0.2) is 59.9 Å². The van der Waals surface area contributed by atoms with Gasteiger partial charge in [0, 0.05) is 41.4 Å². The highest BCUT2D eigenvalue weighted by Gasteiger charge is 2.22. The molecule has 0 aliphatic carbocycles. The fourth-order valence-electron chi connectivity index (χ4n) is 4.07. The van der Waals surface area contributed by atoms with Crippen molar-refractivity contribution < 1.29 is 9.53 Å². The fourth-order valence-corrected chi connectivity index (χ4v) is 4.92. The van der Waals surface area contributed by atoms with Crippen molar-refractivity contribution >= 4 is 28.6 Å². The summed E-state index contributed by atoms with van der Waals surface area (Å²) >= 11 is 1.43. The van der Waals surface area contributed by atoms with Gasteiger partial charge in [-0.05, 0) is 50.1 Å². The maximum absolute atomic E-state index is 12.6. The molecule has 32 heavy (non-hydrogen) atoms. The van der Waals surface area contributed by atoms with E-state index in [1.54, 1.807) is 0 Å². The Morgan fingerprint density at radius 2 is 1.88 bits per heavy atom. The number of para-hydroxylation sites is 1. The number of aromatic nitrogens is 4. The number of likely N-dealkylation sites (tertiary alicyclic amines) is 1. The molecule has 1 saturated heterocycles. The summed E-state index contributed by atoms with van der Waals surface area (Å²) in [7, 11) is 0. The number of H-pyrrole nitrogens is 1. The van der Waals surface area contributed by atoms with Gasteiger partial charge in [0.05, 0.1) is 12.4 Å². The number of aromatic amines is 1. The van der Waals surface area contributed by atoms with Crippen LogP contribution in [-0.4, -0.2) is 56.0 Å². The molecule has 1 fully saturated rings. The molecule has 0 radical (unpaired) electrons. The number of benzene rings is 2. The molecule has 1 amide bonds. The van der Waals surface area contributed by atoms with Gasteiger partial charge in [0.15, 0.2) is 11.0 Å². The summed E-state index contributed by atoms with van der Waals surface area (Å²) in [5.41, 5.74) is 2.94. The van der Waals surface area contributed by atoms with Gasteiger partial charge >= 0.3 is 0 Å². The van der Waals surface area contributed by atoms with Gasteiger partial charge in [-0.3, -0.25) is 9.36 Å². The minimum absolute atomic E-state index is 0.155. The van der Waals surface area contributed by atoms with E-state index in [-0.39, 0.29) is 5.91 Å². The van der Waals surface area contributed by atoms with Crippen LogP contribution < -0.4 is 4.74 Å². The van der Waals surface area contributed by atoms with Crippen LogP contribution in [0, 0.1) is 0 Å². The van der Waals surface area contributed by atoms with Crippen LogP contribution in [0.4, 0.5) is 0 Å². The Balaban J connectivity index is 1.52. The highest BCUT2D eigenvalue weighted by atomic mass is 32.2. The van der Waals surface area contributed by atoms with Crippen molar-refractivity contribution in [3.05, 3.63) is 54.7 Å². The average Bonchev–Trinajstić information content (AvgIpc) is 3.57. The minimum atomic E-state index is 0.155. The predicted molar refractivity (Wildman–Crippen MR) is 126 cm³/mol. The molecule has 0 unspecified atom stereocenters. The van der Waals surface area contributed by atoms with Gasteiger partial charge < -0.3 is 14.6 Å². The van der Waals surface area contributed by atoms with Gasteiger partial charge in [0.25, 0.3) is 0 Å². The number of hydrogen-bond donors (Lipinski definition) is 1. The Labute approximate surface area is 190 Å². The van der Waals surface area contributed by atoms with Crippen LogP contribution in [0.2, 0.25) is 0 Å². The van der Waals surface area contributed by atoms with Gasteiger partial charge in [-0.15, -0.1) is 10.2 Å². The number of ether oxygens (including phenoxy) is 1. The summed E-state index contributed by atoms with van der Waals surface area (Å²) in [5, 5.41) is 10.8. The quantitative estimate of drug-likeness (QED) is 0.421. The second-order valence-corrected chi connectivity index (χ2v) is 8.64. The number of nitrogens with zero attached hydrogens (tertiary/aromatic N) is 4. The first kappa shape index (κ1) is 20.6. The minimum Gasteiger partial charge on any atom is -0.494 e. The zero-order valence-corrected chi connectivity index (χ0v) is 18.8. The molecular formula is C24H25N5O2S. The average molecular weight is 448 g/mol. The van der Waals surface area contributed by atoms with E-state index in [2.05, 4.69) is 21.2 Å².